The topological polar surface area (TPSA) is 51.2 Å². The van der Waals surface area contributed by atoms with Crippen molar-refractivity contribution in [3.63, 3.8) is 0 Å². The maximum absolute atomic E-state index is 12.9. The van der Waals surface area contributed by atoms with E-state index in [-0.39, 0.29) is 5.91 Å². The minimum absolute atomic E-state index is 0.0699. The first kappa shape index (κ1) is 20.2. The predicted octanol–water partition coefficient (Wildman–Crippen LogP) is 3.41. The van der Waals surface area contributed by atoms with Gasteiger partial charge in [0.15, 0.2) is 17.6 Å². The van der Waals surface area contributed by atoms with Gasteiger partial charge in [0.2, 0.25) is 6.79 Å². The van der Waals surface area contributed by atoms with Crippen LogP contribution in [-0.4, -0.2) is 54.8 Å². The largest absolute Gasteiger partial charge is 0.481 e. The summed E-state index contributed by atoms with van der Waals surface area (Å²) in [5, 5.41) is 0. The highest BCUT2D eigenvalue weighted by Crippen LogP contribution is 2.33. The minimum Gasteiger partial charge on any atom is -0.481 e. The smallest absolute Gasteiger partial charge is 0.263 e. The Bertz CT molecular complexity index is 953. The molecule has 2 heterocycles. The number of amides is 1. The maximum Gasteiger partial charge on any atom is 0.263 e. The zero-order chi connectivity index (χ0) is 21.2. The molecular weight excluding hydrogens is 392 g/mol. The lowest BCUT2D eigenvalue weighted by Gasteiger charge is -2.36. The van der Waals surface area contributed by atoms with Crippen molar-refractivity contribution in [1.82, 2.24) is 9.80 Å². The molecule has 164 valence electrons. The molecule has 0 N–H and O–H groups in total. The molecule has 2 aliphatic heterocycles. The van der Waals surface area contributed by atoms with Gasteiger partial charge in [-0.2, -0.15) is 0 Å². The van der Waals surface area contributed by atoms with E-state index < -0.39 is 6.10 Å². The van der Waals surface area contributed by atoms with E-state index in [1.54, 1.807) is 0 Å². The number of aryl methyl sites for hydroxylation is 2. The van der Waals surface area contributed by atoms with Crippen molar-refractivity contribution in [1.29, 1.82) is 0 Å². The van der Waals surface area contributed by atoms with Crippen LogP contribution >= 0.6 is 0 Å². The van der Waals surface area contributed by atoms with Crippen LogP contribution in [0.15, 0.2) is 36.4 Å². The molecule has 6 heteroatoms. The van der Waals surface area contributed by atoms with Crippen LogP contribution in [0.2, 0.25) is 0 Å². The average Bonchev–Trinajstić information content (AvgIpc) is 3.27. The standard InChI is InChI=1S/C25H30N2O4/c1-18(31-22-8-7-20-4-2-3-5-21(20)15-22)25(28)27-12-10-26(11-13-27)16-19-6-9-23-24(14-19)30-17-29-23/h6-9,14-15,18H,2-5,10-13,16-17H2,1H3. The van der Waals surface area contributed by atoms with Crippen molar-refractivity contribution in [2.45, 2.75) is 45.3 Å². The normalized spacial score (nSPS) is 19.1. The third-order valence-electron chi connectivity index (χ3n) is 6.51. The first-order valence-corrected chi connectivity index (χ1v) is 11.3. The van der Waals surface area contributed by atoms with Gasteiger partial charge < -0.3 is 19.1 Å². The third-order valence-corrected chi connectivity index (χ3v) is 6.51. The Morgan fingerprint density at radius 1 is 0.968 bits per heavy atom. The second-order valence-corrected chi connectivity index (χ2v) is 8.69. The fraction of sp³-hybridized carbons (Fsp3) is 0.480. The summed E-state index contributed by atoms with van der Waals surface area (Å²) in [5.41, 5.74) is 4.00. The molecule has 2 aromatic carbocycles. The van der Waals surface area contributed by atoms with Gasteiger partial charge in [-0.1, -0.05) is 12.1 Å². The Balaban J connectivity index is 1.13. The number of hydrogen-bond acceptors (Lipinski definition) is 5. The molecule has 0 saturated carbocycles. The summed E-state index contributed by atoms with van der Waals surface area (Å²) in [6.07, 6.45) is 4.30. The number of hydrogen-bond donors (Lipinski definition) is 0. The van der Waals surface area contributed by atoms with Crippen molar-refractivity contribution in [2.24, 2.45) is 0 Å². The van der Waals surface area contributed by atoms with Crippen LogP contribution in [0.5, 0.6) is 17.2 Å². The minimum atomic E-state index is -0.470. The fourth-order valence-corrected chi connectivity index (χ4v) is 4.72. The molecule has 6 nitrogen and oxygen atoms in total. The van der Waals surface area contributed by atoms with Crippen LogP contribution in [0.25, 0.3) is 0 Å². The number of piperazine rings is 1. The van der Waals surface area contributed by atoms with E-state index >= 15 is 0 Å². The molecular formula is C25H30N2O4. The molecule has 0 aromatic heterocycles. The molecule has 5 rings (SSSR count). The molecule has 1 atom stereocenters. The fourth-order valence-electron chi connectivity index (χ4n) is 4.72. The highest BCUT2D eigenvalue weighted by molar-refractivity contribution is 5.81. The van der Waals surface area contributed by atoms with Crippen LogP contribution in [0.1, 0.15) is 36.5 Å². The third kappa shape index (κ3) is 4.49. The van der Waals surface area contributed by atoms with Crippen molar-refractivity contribution < 1.29 is 19.0 Å². The highest BCUT2D eigenvalue weighted by atomic mass is 16.7. The molecule has 0 spiro atoms. The summed E-state index contributed by atoms with van der Waals surface area (Å²) in [7, 11) is 0. The summed E-state index contributed by atoms with van der Waals surface area (Å²) in [5.74, 6) is 2.51. The van der Waals surface area contributed by atoms with Gasteiger partial charge >= 0.3 is 0 Å². The lowest BCUT2D eigenvalue weighted by atomic mass is 9.92. The second kappa shape index (κ2) is 8.79. The molecule has 1 aliphatic carbocycles. The maximum atomic E-state index is 12.9. The van der Waals surface area contributed by atoms with E-state index in [4.69, 9.17) is 14.2 Å². The Morgan fingerprint density at radius 2 is 1.74 bits per heavy atom. The van der Waals surface area contributed by atoms with Gasteiger partial charge in [-0.05, 0) is 73.6 Å². The van der Waals surface area contributed by atoms with Gasteiger partial charge in [0.05, 0.1) is 0 Å². The monoisotopic (exact) mass is 422 g/mol. The van der Waals surface area contributed by atoms with Crippen LogP contribution in [0.3, 0.4) is 0 Å². The number of rotatable bonds is 5. The van der Waals surface area contributed by atoms with Crippen LogP contribution < -0.4 is 14.2 Å². The van der Waals surface area contributed by atoms with Crippen LogP contribution in [0, 0.1) is 0 Å². The van der Waals surface area contributed by atoms with Gasteiger partial charge in [-0.25, -0.2) is 0 Å². The van der Waals surface area contributed by atoms with Gasteiger partial charge in [-0.15, -0.1) is 0 Å². The van der Waals surface area contributed by atoms with Crippen molar-refractivity contribution >= 4 is 5.91 Å². The van der Waals surface area contributed by atoms with E-state index in [2.05, 4.69) is 23.1 Å². The molecule has 3 aliphatic rings. The number of nitrogens with zero attached hydrogens (tertiary/aromatic N) is 2. The van der Waals surface area contributed by atoms with Gasteiger partial charge in [0.25, 0.3) is 5.91 Å². The molecule has 0 radical (unpaired) electrons. The first-order chi connectivity index (χ1) is 15.2. The number of carbonyl (C=O) groups is 1. The molecule has 1 saturated heterocycles. The summed E-state index contributed by atoms with van der Waals surface area (Å²) in [6, 6.07) is 12.4. The van der Waals surface area contributed by atoms with Crippen LogP contribution in [0.4, 0.5) is 0 Å². The Hall–Kier alpha value is -2.73. The van der Waals surface area contributed by atoms with E-state index in [1.165, 1.54) is 29.5 Å². The second-order valence-electron chi connectivity index (χ2n) is 8.69. The van der Waals surface area contributed by atoms with Gasteiger partial charge in [0.1, 0.15) is 5.75 Å². The summed E-state index contributed by atoms with van der Waals surface area (Å²) >= 11 is 0. The lowest BCUT2D eigenvalue weighted by Crippen LogP contribution is -2.51. The number of carbonyl (C=O) groups excluding carboxylic acids is 1. The molecule has 1 amide bonds. The molecule has 2 aromatic rings. The molecule has 0 bridgehead atoms. The van der Waals surface area contributed by atoms with Crippen LogP contribution in [-0.2, 0) is 24.2 Å². The molecule has 1 unspecified atom stereocenters. The summed E-state index contributed by atoms with van der Waals surface area (Å²) < 4.78 is 16.9. The number of benzene rings is 2. The van der Waals surface area contributed by atoms with E-state index in [0.717, 1.165) is 62.8 Å². The SMILES string of the molecule is CC(Oc1ccc2c(c1)CCCC2)C(=O)N1CCN(Cc2ccc3c(c2)OCO3)CC1. The average molecular weight is 423 g/mol. The Labute approximate surface area is 183 Å². The van der Waals surface area contributed by atoms with E-state index in [0.29, 0.717) is 6.79 Å². The molecule has 1 fully saturated rings. The van der Waals surface area contributed by atoms with Gasteiger partial charge in [0, 0.05) is 32.7 Å². The van der Waals surface area contributed by atoms with Crippen molar-refractivity contribution in [2.75, 3.05) is 33.0 Å². The highest BCUT2D eigenvalue weighted by Gasteiger charge is 2.26. The zero-order valence-corrected chi connectivity index (χ0v) is 18.1. The number of ether oxygens (including phenoxy) is 3. The zero-order valence-electron chi connectivity index (χ0n) is 18.1. The van der Waals surface area contributed by atoms with Crippen molar-refractivity contribution in [3.05, 3.63) is 53.1 Å². The Kier molecular flexibility index (Phi) is 5.72. The summed E-state index contributed by atoms with van der Waals surface area (Å²) in [6.45, 7) is 6.16. The quantitative estimate of drug-likeness (QED) is 0.739. The Morgan fingerprint density at radius 3 is 2.58 bits per heavy atom. The van der Waals surface area contributed by atoms with Crippen molar-refractivity contribution in [3.8, 4) is 17.2 Å². The molecule has 31 heavy (non-hydrogen) atoms. The van der Waals surface area contributed by atoms with E-state index in [9.17, 15) is 4.79 Å². The number of fused-ring (bicyclic) bond motifs is 2. The van der Waals surface area contributed by atoms with E-state index in [1.807, 2.05) is 30.0 Å². The predicted molar refractivity (Wildman–Crippen MR) is 118 cm³/mol. The first-order valence-electron chi connectivity index (χ1n) is 11.3. The van der Waals surface area contributed by atoms with Gasteiger partial charge in [-0.3, -0.25) is 9.69 Å². The summed E-state index contributed by atoms with van der Waals surface area (Å²) in [4.78, 5) is 17.2. The lowest BCUT2D eigenvalue weighted by molar-refractivity contribution is -0.139.